The first-order valence-electron chi connectivity index (χ1n) is 6.31. The SMILES string of the molecule is CNC1COCC1CN1CC(OC)C(OC)C1. The standard InChI is InChI=1S/C12H24N2O3/c1-13-10-8-17-7-9(10)4-14-5-11(15-2)12(6-14)16-3/h9-13H,4-8H2,1-3H3. The second-order valence-corrected chi connectivity index (χ2v) is 4.96. The van der Waals surface area contributed by atoms with E-state index in [4.69, 9.17) is 14.2 Å². The molecule has 1 N–H and O–H groups in total. The number of methoxy groups -OCH3 is 2. The lowest BCUT2D eigenvalue weighted by atomic mass is 10.0. The summed E-state index contributed by atoms with van der Waals surface area (Å²) < 4.78 is 16.4. The van der Waals surface area contributed by atoms with Gasteiger partial charge in [-0.1, -0.05) is 0 Å². The third-order valence-electron chi connectivity index (χ3n) is 3.96. The summed E-state index contributed by atoms with van der Waals surface area (Å²) in [5, 5.41) is 3.32. The molecule has 100 valence electrons. The van der Waals surface area contributed by atoms with E-state index < -0.39 is 0 Å². The Kier molecular flexibility index (Phi) is 4.76. The first-order valence-corrected chi connectivity index (χ1v) is 6.31. The Morgan fingerprint density at radius 1 is 1.18 bits per heavy atom. The second-order valence-electron chi connectivity index (χ2n) is 4.96. The van der Waals surface area contributed by atoms with Gasteiger partial charge in [-0.3, -0.25) is 4.90 Å². The van der Waals surface area contributed by atoms with Crippen molar-refractivity contribution in [2.24, 2.45) is 5.92 Å². The van der Waals surface area contributed by atoms with Crippen molar-refractivity contribution >= 4 is 0 Å². The van der Waals surface area contributed by atoms with Crippen LogP contribution in [0.3, 0.4) is 0 Å². The number of likely N-dealkylation sites (tertiary alicyclic amines) is 1. The van der Waals surface area contributed by atoms with E-state index in [1.54, 1.807) is 14.2 Å². The maximum Gasteiger partial charge on any atom is 0.0971 e. The molecule has 0 saturated carbocycles. The minimum absolute atomic E-state index is 0.204. The van der Waals surface area contributed by atoms with Gasteiger partial charge >= 0.3 is 0 Å². The van der Waals surface area contributed by atoms with E-state index in [1.807, 2.05) is 7.05 Å². The number of nitrogens with one attached hydrogen (secondary N) is 1. The topological polar surface area (TPSA) is 43.0 Å². The summed E-state index contributed by atoms with van der Waals surface area (Å²) in [5.41, 5.74) is 0. The first-order chi connectivity index (χ1) is 8.28. The zero-order valence-corrected chi connectivity index (χ0v) is 11.0. The van der Waals surface area contributed by atoms with Crippen LogP contribution in [0.2, 0.25) is 0 Å². The Labute approximate surface area is 103 Å². The quantitative estimate of drug-likeness (QED) is 0.710. The van der Waals surface area contributed by atoms with E-state index >= 15 is 0 Å². The van der Waals surface area contributed by atoms with E-state index in [0.29, 0.717) is 12.0 Å². The monoisotopic (exact) mass is 244 g/mol. The Bertz CT molecular complexity index is 228. The molecule has 2 rings (SSSR count). The molecule has 0 aromatic heterocycles. The first kappa shape index (κ1) is 13.2. The predicted molar refractivity (Wildman–Crippen MR) is 65.2 cm³/mol. The lowest BCUT2D eigenvalue weighted by molar-refractivity contribution is -0.00461. The highest BCUT2D eigenvalue weighted by atomic mass is 16.5. The van der Waals surface area contributed by atoms with Crippen molar-refractivity contribution < 1.29 is 14.2 Å². The van der Waals surface area contributed by atoms with Crippen LogP contribution < -0.4 is 5.32 Å². The summed E-state index contributed by atoms with van der Waals surface area (Å²) in [6.45, 7) is 4.67. The Morgan fingerprint density at radius 3 is 2.35 bits per heavy atom. The molecule has 2 saturated heterocycles. The summed E-state index contributed by atoms with van der Waals surface area (Å²) >= 11 is 0. The summed E-state index contributed by atoms with van der Waals surface area (Å²) in [6, 6.07) is 0.484. The van der Waals surface area contributed by atoms with Gasteiger partial charge in [0.1, 0.15) is 0 Å². The van der Waals surface area contributed by atoms with Crippen LogP contribution in [0.4, 0.5) is 0 Å². The number of ether oxygens (including phenoxy) is 3. The molecule has 2 aliphatic rings. The van der Waals surface area contributed by atoms with Gasteiger partial charge in [0.15, 0.2) is 0 Å². The highest BCUT2D eigenvalue weighted by molar-refractivity contribution is 4.90. The minimum Gasteiger partial charge on any atom is -0.379 e. The van der Waals surface area contributed by atoms with E-state index in [1.165, 1.54) is 0 Å². The molecule has 5 nitrogen and oxygen atoms in total. The molecular weight excluding hydrogens is 220 g/mol. The van der Waals surface area contributed by atoms with Crippen molar-refractivity contribution in [1.82, 2.24) is 10.2 Å². The van der Waals surface area contributed by atoms with Crippen LogP contribution in [-0.2, 0) is 14.2 Å². The van der Waals surface area contributed by atoms with Crippen LogP contribution >= 0.6 is 0 Å². The molecule has 4 unspecified atom stereocenters. The van der Waals surface area contributed by atoms with Gasteiger partial charge in [-0.15, -0.1) is 0 Å². The number of rotatable bonds is 5. The van der Waals surface area contributed by atoms with Gasteiger partial charge in [0.2, 0.25) is 0 Å². The summed E-state index contributed by atoms with van der Waals surface area (Å²) in [7, 11) is 5.52. The molecule has 0 aromatic rings. The highest BCUT2D eigenvalue weighted by Crippen LogP contribution is 2.20. The molecule has 2 fully saturated rings. The third-order valence-corrected chi connectivity index (χ3v) is 3.96. The van der Waals surface area contributed by atoms with Crippen LogP contribution in [-0.4, -0.2) is 77.3 Å². The average molecular weight is 244 g/mol. The van der Waals surface area contributed by atoms with Crippen molar-refractivity contribution in [1.29, 1.82) is 0 Å². The molecule has 4 atom stereocenters. The molecule has 5 heteroatoms. The molecule has 0 bridgehead atoms. The van der Waals surface area contributed by atoms with Gasteiger partial charge < -0.3 is 19.5 Å². The van der Waals surface area contributed by atoms with Gasteiger partial charge in [0.05, 0.1) is 25.4 Å². The largest absolute Gasteiger partial charge is 0.379 e. The van der Waals surface area contributed by atoms with Crippen molar-refractivity contribution in [2.75, 3.05) is 54.1 Å². The van der Waals surface area contributed by atoms with Gasteiger partial charge in [0.25, 0.3) is 0 Å². The lowest BCUT2D eigenvalue weighted by Crippen LogP contribution is -2.40. The third kappa shape index (κ3) is 2.98. The lowest BCUT2D eigenvalue weighted by Gasteiger charge is -2.23. The van der Waals surface area contributed by atoms with Crippen molar-refractivity contribution in [3.05, 3.63) is 0 Å². The molecule has 2 heterocycles. The Morgan fingerprint density at radius 2 is 1.82 bits per heavy atom. The molecule has 0 spiro atoms. The molecular formula is C12H24N2O3. The van der Waals surface area contributed by atoms with Crippen LogP contribution in [0.5, 0.6) is 0 Å². The van der Waals surface area contributed by atoms with Gasteiger partial charge in [-0.2, -0.15) is 0 Å². The molecule has 17 heavy (non-hydrogen) atoms. The molecule has 0 radical (unpaired) electrons. The number of likely N-dealkylation sites (N-methyl/N-ethyl adjacent to an activating group) is 1. The minimum atomic E-state index is 0.204. The molecule has 0 aromatic carbocycles. The van der Waals surface area contributed by atoms with Crippen LogP contribution in [0.25, 0.3) is 0 Å². The van der Waals surface area contributed by atoms with Crippen molar-refractivity contribution in [3.8, 4) is 0 Å². The fraction of sp³-hybridized carbons (Fsp3) is 1.00. The van der Waals surface area contributed by atoms with Crippen LogP contribution in [0.15, 0.2) is 0 Å². The predicted octanol–water partition coefficient (Wildman–Crippen LogP) is -0.434. The van der Waals surface area contributed by atoms with E-state index in [9.17, 15) is 0 Å². The van der Waals surface area contributed by atoms with E-state index in [-0.39, 0.29) is 12.2 Å². The smallest absolute Gasteiger partial charge is 0.0971 e. The Balaban J connectivity index is 1.84. The van der Waals surface area contributed by atoms with Crippen molar-refractivity contribution in [3.63, 3.8) is 0 Å². The fourth-order valence-electron chi connectivity index (χ4n) is 2.85. The van der Waals surface area contributed by atoms with E-state index in [2.05, 4.69) is 10.2 Å². The molecule has 0 amide bonds. The fourth-order valence-corrected chi connectivity index (χ4v) is 2.85. The number of hydrogen-bond acceptors (Lipinski definition) is 5. The van der Waals surface area contributed by atoms with Gasteiger partial charge in [0, 0.05) is 45.8 Å². The van der Waals surface area contributed by atoms with Crippen LogP contribution in [0.1, 0.15) is 0 Å². The summed E-state index contributed by atoms with van der Waals surface area (Å²) in [5.74, 6) is 0.577. The number of hydrogen-bond donors (Lipinski definition) is 1. The second kappa shape index (κ2) is 6.11. The number of nitrogens with zero attached hydrogens (tertiary/aromatic N) is 1. The zero-order chi connectivity index (χ0) is 12.3. The molecule has 0 aliphatic carbocycles. The average Bonchev–Trinajstić information content (AvgIpc) is 2.95. The van der Waals surface area contributed by atoms with Crippen molar-refractivity contribution in [2.45, 2.75) is 18.2 Å². The highest BCUT2D eigenvalue weighted by Gasteiger charge is 2.36. The summed E-state index contributed by atoms with van der Waals surface area (Å²) in [6.07, 6.45) is 0.408. The van der Waals surface area contributed by atoms with Gasteiger partial charge in [-0.05, 0) is 7.05 Å². The van der Waals surface area contributed by atoms with E-state index in [0.717, 1.165) is 32.8 Å². The normalized spacial score (nSPS) is 39.0. The van der Waals surface area contributed by atoms with Crippen LogP contribution in [0, 0.1) is 5.92 Å². The molecule has 2 aliphatic heterocycles. The Hall–Kier alpha value is -0.200. The summed E-state index contributed by atoms with van der Waals surface area (Å²) in [4.78, 5) is 2.42. The zero-order valence-electron chi connectivity index (χ0n) is 11.0. The maximum atomic E-state index is 5.53. The van der Waals surface area contributed by atoms with Gasteiger partial charge in [-0.25, -0.2) is 0 Å². The maximum absolute atomic E-state index is 5.53.